The predicted molar refractivity (Wildman–Crippen MR) is 418 cm³/mol. The number of ketones is 5. The maximum atomic E-state index is 13.2. The molecule has 46 heteroatoms. The van der Waals surface area contributed by atoms with Crippen LogP contribution in [0.25, 0.3) is 33.5 Å². The smallest absolute Gasteiger partial charge is 0.333 e. The SMILES string of the molecule is C#CCn1c(=O)n([C@@H]2O[C@@H](C(=O)CC)C[C@H]2O)c2nc(N)[nH]c(=O)c21.C#CCn1c(=O)n([C@@H]2O[C@H](C(=O)CC)C[C@H]2O)c2nc(N)[nH]c(=O)c21.C#CCn1c(=O)n([C@@H]2O[C@H](C(=O)CC)C[C@H]2OC(C)=O)c2nc(NC(C)=O)[nH]c(=O)c21.CCC(=O)[C@@H]1C[C@@H](OC(C)=O)[C@H](OC(C)=O)O1.CCC(=O)[C@@H]1C[C@H]2OCO[C@H]2O1.CCC(O)[C@@H]1C[C@H]2OCO[C@H]2O1. The van der Waals surface area contributed by atoms with Crippen LogP contribution in [0.3, 0.4) is 0 Å². The number of rotatable bonds is 22. The number of hydrogen-bond donors (Lipinski definition) is 9. The Balaban J connectivity index is 0.000000171. The van der Waals surface area contributed by atoms with Gasteiger partial charge in [-0.05, 0) is 6.42 Å². The molecular formula is C76H97N15O31. The highest BCUT2D eigenvalue weighted by molar-refractivity contribution is 5.88. The maximum Gasteiger partial charge on any atom is 0.333 e. The normalized spacial score (nSPS) is 26.6. The van der Waals surface area contributed by atoms with Crippen LogP contribution in [0.2, 0.25) is 0 Å². The van der Waals surface area contributed by atoms with Gasteiger partial charge in [-0.3, -0.25) is 91.5 Å². The summed E-state index contributed by atoms with van der Waals surface area (Å²) < 4.78 is 75.0. The standard InChI is InChI=1S/C19H21N5O7.2C15H17N5O5.C11H16O6.C8H14O4.C8H12O4/c1-5-7-23-14-15(21-18(20-9(3)25)22-16(14)28)24(19(23)29)17-13(30-10(4)26)8-12(31-17)11(27)6-2;2*1-3-5-19-10-11(17-14(16)18-12(10)23)20(15(19)24)13-8(22)6-9(25-13)7(21)4-2;1-4-8(14)9-5-10(15-6(2)12)11(17-9)16-7(3)13;2*1-2-5(9)6-3-7-8(12-6)11-4-10-7/h1,12-13,17H,6-8H2,2-4H3,(H2,20,21,22,25,28);2*1,8-9,13,22H,4-6H2,2H3,(H3,16,17,18,23);9-11H,4-5H2,1-3H3;5-9H,2-4H2,1H3;6-8H,2-4H2,1H3/t12-,13+,17+;8-,9+,13-;8-,9-,13-;9-,10+,11+;5?,6-,7+,8-;6-,7+,8-/m011000/s1. The first-order valence-electron chi connectivity index (χ1n) is 38.9. The van der Waals surface area contributed by atoms with Crippen molar-refractivity contribution in [2.45, 2.75) is 283 Å². The first-order valence-corrected chi connectivity index (χ1v) is 38.9. The number of aromatic amines is 3. The van der Waals surface area contributed by atoms with Crippen molar-refractivity contribution in [1.29, 1.82) is 0 Å². The molecule has 0 radical (unpaired) electrons. The molecule has 14 rings (SSSR count). The van der Waals surface area contributed by atoms with E-state index in [4.69, 9.17) is 92.3 Å². The van der Waals surface area contributed by atoms with E-state index in [0.29, 0.717) is 39.3 Å². The summed E-state index contributed by atoms with van der Waals surface area (Å²) in [5.74, 6) is 3.54. The Morgan fingerprint density at radius 1 is 0.475 bits per heavy atom. The summed E-state index contributed by atoms with van der Waals surface area (Å²) in [7, 11) is 0. The number of esters is 3. The van der Waals surface area contributed by atoms with Gasteiger partial charge in [-0.15, -0.1) is 19.3 Å². The number of amides is 1. The minimum atomic E-state index is -1.22. The number of aromatic nitrogens is 12. The zero-order valence-electron chi connectivity index (χ0n) is 68.2. The molecule has 8 aliphatic heterocycles. The first kappa shape index (κ1) is 94.3. The molecule has 1 amide bonds. The molecule has 19 atom stereocenters. The van der Waals surface area contributed by atoms with Crippen LogP contribution in [0.15, 0.2) is 28.8 Å². The molecule has 8 saturated heterocycles. The molecule has 1 unspecified atom stereocenters. The van der Waals surface area contributed by atoms with Crippen molar-refractivity contribution >= 4 is 104 Å². The molecule has 8 fully saturated rings. The summed E-state index contributed by atoms with van der Waals surface area (Å²) in [6.07, 6.45) is 6.82. The number of carbonyl (C=O) groups is 9. The zero-order valence-corrected chi connectivity index (χ0v) is 68.2. The van der Waals surface area contributed by atoms with E-state index in [1.54, 1.807) is 27.7 Å². The van der Waals surface area contributed by atoms with Crippen LogP contribution >= 0.6 is 0 Å². The van der Waals surface area contributed by atoms with Crippen molar-refractivity contribution in [3.8, 4) is 37.0 Å². The number of Topliss-reactive ketones (excluding diaryl/α,β-unsaturated/α-hetero) is 5. The highest BCUT2D eigenvalue weighted by Gasteiger charge is 2.48. The molecule has 6 aromatic rings. The molecule has 122 heavy (non-hydrogen) atoms. The third-order valence-corrected chi connectivity index (χ3v) is 20.0. The Bertz CT molecular complexity index is 5210. The van der Waals surface area contributed by atoms with E-state index in [-0.39, 0.29) is 188 Å². The highest BCUT2D eigenvalue weighted by Crippen LogP contribution is 2.37. The van der Waals surface area contributed by atoms with Crippen LogP contribution in [-0.2, 0) is 124 Å². The van der Waals surface area contributed by atoms with Gasteiger partial charge in [0, 0.05) is 98.3 Å². The number of aliphatic hydroxyl groups excluding tert-OH is 3. The van der Waals surface area contributed by atoms with Gasteiger partial charge >= 0.3 is 35.0 Å². The summed E-state index contributed by atoms with van der Waals surface area (Å²) in [4.78, 5) is 198. The Morgan fingerprint density at radius 3 is 1.23 bits per heavy atom. The third-order valence-electron chi connectivity index (χ3n) is 20.0. The van der Waals surface area contributed by atoms with Crippen molar-refractivity contribution in [2.75, 3.05) is 30.4 Å². The van der Waals surface area contributed by atoms with Crippen LogP contribution in [-0.4, -0.2) is 237 Å². The number of nitrogens with zero attached hydrogens (tertiary/aromatic N) is 9. The van der Waals surface area contributed by atoms with E-state index in [1.807, 2.05) is 13.8 Å². The van der Waals surface area contributed by atoms with Crippen LogP contribution in [0.1, 0.15) is 165 Å². The maximum absolute atomic E-state index is 13.2. The van der Waals surface area contributed by atoms with E-state index >= 15 is 0 Å². The molecule has 11 N–H and O–H groups in total. The van der Waals surface area contributed by atoms with Gasteiger partial charge in [0.15, 0.2) is 113 Å². The summed E-state index contributed by atoms with van der Waals surface area (Å²) in [6.45, 7) is 15.4. The second-order valence-corrected chi connectivity index (χ2v) is 28.4. The molecule has 0 spiro atoms. The number of nitrogens with one attached hydrogen (secondary N) is 4. The van der Waals surface area contributed by atoms with Gasteiger partial charge in [0.05, 0.1) is 31.8 Å². The van der Waals surface area contributed by atoms with Crippen molar-refractivity contribution in [3.63, 3.8) is 0 Å². The molecule has 14 heterocycles. The average molecular weight is 1720 g/mol. The lowest BCUT2D eigenvalue weighted by Crippen LogP contribution is -2.33. The quantitative estimate of drug-likeness (QED) is 0.0210. The minimum Gasteiger partial charge on any atom is -0.458 e. The number of anilines is 3. The van der Waals surface area contributed by atoms with Crippen LogP contribution in [0.4, 0.5) is 17.8 Å². The third kappa shape index (κ3) is 21.5. The zero-order chi connectivity index (χ0) is 89.6. The highest BCUT2D eigenvalue weighted by atomic mass is 16.8. The van der Waals surface area contributed by atoms with Crippen LogP contribution in [0.5, 0.6) is 0 Å². The van der Waals surface area contributed by atoms with E-state index in [0.717, 1.165) is 33.8 Å². The van der Waals surface area contributed by atoms with E-state index in [1.165, 1.54) is 27.7 Å². The summed E-state index contributed by atoms with van der Waals surface area (Å²) >= 11 is 0. The predicted octanol–water partition coefficient (Wildman–Crippen LogP) is -1.59. The van der Waals surface area contributed by atoms with Crippen molar-refractivity contribution in [1.82, 2.24) is 57.3 Å². The van der Waals surface area contributed by atoms with Gasteiger partial charge in [-0.25, -0.2) is 28.1 Å². The Morgan fingerprint density at radius 2 is 0.836 bits per heavy atom. The summed E-state index contributed by atoms with van der Waals surface area (Å²) in [5.41, 5.74) is 6.51. The van der Waals surface area contributed by atoms with Crippen molar-refractivity contribution in [2.24, 2.45) is 0 Å². The lowest BCUT2D eigenvalue weighted by Gasteiger charge is -2.19. The molecule has 6 aromatic heterocycles. The largest absolute Gasteiger partial charge is 0.458 e. The number of carbonyl (C=O) groups excluding carboxylic acids is 9. The number of imidazole rings is 3. The number of hydrogen-bond acceptors (Lipinski definition) is 36. The number of H-pyrrole nitrogens is 3. The van der Waals surface area contributed by atoms with Gasteiger partial charge in [0.2, 0.25) is 30.0 Å². The Kier molecular flexibility index (Phi) is 32.3. The summed E-state index contributed by atoms with van der Waals surface area (Å²) in [5, 5.41) is 32.4. The molecule has 0 bridgehead atoms. The second-order valence-electron chi connectivity index (χ2n) is 28.4. The number of fused-ring (bicyclic) bond motifs is 5. The van der Waals surface area contributed by atoms with E-state index in [9.17, 15) is 87.2 Å². The number of terminal acetylenes is 3. The second kappa shape index (κ2) is 41.8. The van der Waals surface area contributed by atoms with Gasteiger partial charge in [-0.1, -0.05) is 59.3 Å². The number of nitrogen functional groups attached to an aromatic ring is 2. The molecule has 0 aliphatic carbocycles. The van der Waals surface area contributed by atoms with Crippen LogP contribution < -0.4 is 50.5 Å². The van der Waals surface area contributed by atoms with Gasteiger partial charge < -0.3 is 88.4 Å². The monoisotopic (exact) mass is 1720 g/mol. The Hall–Kier alpha value is -11.6. The Labute approximate surface area is 691 Å². The van der Waals surface area contributed by atoms with Crippen molar-refractivity contribution in [3.05, 3.63) is 62.5 Å². The fourth-order valence-electron chi connectivity index (χ4n) is 14.3. The number of nitrogens with two attached hydrogens (primary N) is 2. The molecular weight excluding hydrogens is 1620 g/mol. The van der Waals surface area contributed by atoms with Gasteiger partial charge in [0.25, 0.3) is 16.7 Å². The lowest BCUT2D eigenvalue weighted by molar-refractivity contribution is -0.194. The topological polar surface area (TPSA) is 616 Å². The number of ether oxygens (including phenoxy) is 13. The molecule has 662 valence electrons. The molecule has 8 aliphatic rings. The lowest BCUT2D eigenvalue weighted by atomic mass is 10.1. The number of aliphatic hydroxyl groups is 3. The minimum absolute atomic E-state index is 0.0227. The average Bonchev–Trinajstić information content (AvgIpc) is 1.60. The van der Waals surface area contributed by atoms with Gasteiger partial charge in [0.1, 0.15) is 61.0 Å². The van der Waals surface area contributed by atoms with Gasteiger partial charge in [-0.2, -0.15) is 15.0 Å². The van der Waals surface area contributed by atoms with Crippen LogP contribution in [0, 0.1) is 37.0 Å². The van der Waals surface area contributed by atoms with E-state index < -0.39 is 131 Å². The molecule has 46 nitrogen and oxygen atoms in total. The van der Waals surface area contributed by atoms with Crippen molar-refractivity contribution < 1.29 is 120 Å². The van der Waals surface area contributed by atoms with E-state index in [2.05, 4.69) is 53.0 Å². The fourth-order valence-corrected chi connectivity index (χ4v) is 14.3. The fraction of sp³-hybridized carbons (Fsp3) is 0.605. The summed E-state index contributed by atoms with van der Waals surface area (Å²) in [6, 6.07) is 0. The molecule has 0 aromatic carbocycles. The molecule has 0 saturated carbocycles. The first-order chi connectivity index (χ1) is 58.0.